The van der Waals surface area contributed by atoms with Gasteiger partial charge in [-0.05, 0) is 0 Å². The Hall–Kier alpha value is 1.42. The molecule has 0 atom stereocenters. The van der Waals surface area contributed by atoms with Gasteiger partial charge in [0.2, 0.25) is 0 Å². The normalized spacial score (nSPS) is 10.6. The van der Waals surface area contributed by atoms with Crippen molar-refractivity contribution in [3.63, 3.8) is 0 Å². The van der Waals surface area contributed by atoms with E-state index in [1.165, 1.54) is 103 Å². The number of hydrogen-bond donors (Lipinski definition) is 0. The van der Waals surface area contributed by atoms with Crippen LogP contribution in [0.15, 0.2) is 0 Å². The maximum absolute atomic E-state index is 2.30. The van der Waals surface area contributed by atoms with Gasteiger partial charge in [-0.2, -0.15) is 0 Å². The Morgan fingerprint density at radius 2 is 0.700 bits per heavy atom. The molecule has 0 saturated carbocycles. The average Bonchev–Trinajstić information content (AvgIpc) is 2.43. The molecule has 119 valence electrons. The average molecular weight is 535 g/mol. The molecule has 0 rings (SSSR count). The Morgan fingerprint density at radius 3 is 0.950 bits per heavy atom. The van der Waals surface area contributed by atoms with Crippen LogP contribution >= 0.6 is 17.0 Å². The Bertz CT molecular complexity index is 134. The van der Waals surface area contributed by atoms with E-state index in [-0.39, 0.29) is 17.0 Å². The third kappa shape index (κ3) is 21.7. The molecule has 0 unspecified atom stereocenters. The minimum atomic E-state index is 0. The molecule has 0 heterocycles. The zero-order valence-electron chi connectivity index (χ0n) is 14.1. The fourth-order valence-corrected chi connectivity index (χ4v) is 4.10. The molecule has 0 aliphatic carbocycles. The third-order valence-corrected chi connectivity index (χ3v) is 6.05. The second-order valence-electron chi connectivity index (χ2n) is 6.16. The van der Waals surface area contributed by atoms with Crippen molar-refractivity contribution in [1.29, 1.82) is 0 Å². The van der Waals surface area contributed by atoms with Crippen molar-refractivity contribution in [1.82, 2.24) is 0 Å². The van der Waals surface area contributed by atoms with Crippen LogP contribution in [0.1, 0.15) is 110 Å². The summed E-state index contributed by atoms with van der Waals surface area (Å²) in [5, 5.41) is 0. The number of halogens is 1. The summed E-state index contributed by atoms with van der Waals surface area (Å²) in [4.78, 5) is 0. The van der Waals surface area contributed by atoms with E-state index in [0.29, 0.717) is 0 Å². The van der Waals surface area contributed by atoms with Gasteiger partial charge in [-0.15, -0.1) is 17.0 Å². The summed E-state index contributed by atoms with van der Waals surface area (Å²) in [7, 11) is 0. The van der Waals surface area contributed by atoms with Gasteiger partial charge in [-0.1, -0.05) is 39.0 Å². The summed E-state index contributed by atoms with van der Waals surface area (Å²) in [5.41, 5.74) is 0. The molecule has 0 aromatic heterocycles. The Morgan fingerprint density at radius 1 is 0.450 bits per heavy atom. The molecule has 0 fully saturated rings. The Balaban J connectivity index is 0. The first-order chi connectivity index (χ1) is 9.41. The van der Waals surface area contributed by atoms with Crippen molar-refractivity contribution in [2.45, 2.75) is 114 Å². The zero-order chi connectivity index (χ0) is 14.0. The van der Waals surface area contributed by atoms with Crippen LogP contribution in [0.5, 0.6) is 0 Å². The van der Waals surface area contributed by atoms with Gasteiger partial charge >= 0.3 is 101 Å². The van der Waals surface area contributed by atoms with E-state index in [2.05, 4.69) is 6.92 Å². The van der Waals surface area contributed by atoms with Crippen LogP contribution in [0.25, 0.3) is 0 Å². The number of unbranched alkanes of at least 4 members (excludes halogenated alkanes) is 15. The summed E-state index contributed by atoms with van der Waals surface area (Å²) in [6.07, 6.45) is 23.8. The van der Waals surface area contributed by atoms with Gasteiger partial charge in [0.25, 0.3) is 0 Å². The van der Waals surface area contributed by atoms with Gasteiger partial charge in [0.05, 0.1) is 0 Å². The van der Waals surface area contributed by atoms with E-state index in [1.807, 2.05) is 0 Å². The molecular weight excluding hydrogens is 497 g/mol. The number of rotatable bonds is 16. The van der Waals surface area contributed by atoms with Crippen LogP contribution in [-0.4, -0.2) is 0 Å². The van der Waals surface area contributed by atoms with Crippen molar-refractivity contribution in [3.05, 3.63) is 0 Å². The SMILES string of the molecule is Br.CCCCCCCCCCCCCCCCC[CH2][Hg]. The Labute approximate surface area is 156 Å². The van der Waals surface area contributed by atoms with Crippen LogP contribution in [0, 0.1) is 0 Å². The van der Waals surface area contributed by atoms with Crippen LogP contribution < -0.4 is 0 Å². The Kier molecular flexibility index (Phi) is 26.9. The topological polar surface area (TPSA) is 0 Å². The predicted octanol–water partition coefficient (Wildman–Crippen LogP) is 7.79. The first-order valence-electron chi connectivity index (χ1n) is 9.21. The molecule has 0 aromatic carbocycles. The predicted molar refractivity (Wildman–Crippen MR) is 94.7 cm³/mol. The van der Waals surface area contributed by atoms with Gasteiger partial charge < -0.3 is 0 Å². The summed E-state index contributed by atoms with van der Waals surface area (Å²) in [6, 6.07) is 0. The molecular formula is C18H38BrHg. The van der Waals surface area contributed by atoms with Gasteiger partial charge in [-0.25, -0.2) is 0 Å². The van der Waals surface area contributed by atoms with Crippen molar-refractivity contribution in [2.24, 2.45) is 0 Å². The molecule has 0 bridgehead atoms. The molecule has 0 amide bonds. The molecule has 0 spiro atoms. The molecule has 2 heteroatoms. The molecule has 0 aliphatic heterocycles. The van der Waals surface area contributed by atoms with Crippen LogP contribution in [0.2, 0.25) is 3.93 Å². The summed E-state index contributed by atoms with van der Waals surface area (Å²) >= 11 is 1.06. The fraction of sp³-hybridized carbons (Fsp3) is 1.00. The molecule has 0 radical (unpaired) electrons. The molecule has 0 saturated heterocycles. The molecule has 0 nitrogen and oxygen atoms in total. The van der Waals surface area contributed by atoms with Gasteiger partial charge in [0.15, 0.2) is 0 Å². The van der Waals surface area contributed by atoms with E-state index in [1.54, 1.807) is 3.93 Å². The number of hydrogen-bond acceptors (Lipinski definition) is 0. The summed E-state index contributed by atoms with van der Waals surface area (Å²) in [6.45, 7) is 2.30. The monoisotopic (exact) mass is 535 g/mol. The second kappa shape index (κ2) is 22.7. The van der Waals surface area contributed by atoms with Gasteiger partial charge in [0.1, 0.15) is 0 Å². The quantitative estimate of drug-likeness (QED) is 0.140. The van der Waals surface area contributed by atoms with E-state index in [0.717, 1.165) is 26.1 Å². The minimum absolute atomic E-state index is 0. The first-order valence-corrected chi connectivity index (χ1v) is 13.1. The molecule has 0 N–H and O–H groups in total. The van der Waals surface area contributed by atoms with Crippen molar-refractivity contribution in [2.75, 3.05) is 0 Å². The maximum atomic E-state index is 2.30. The van der Waals surface area contributed by atoms with Crippen LogP contribution in [0.4, 0.5) is 0 Å². The van der Waals surface area contributed by atoms with Crippen LogP contribution in [-0.2, 0) is 26.1 Å². The van der Waals surface area contributed by atoms with Crippen molar-refractivity contribution >= 4 is 17.0 Å². The van der Waals surface area contributed by atoms with E-state index in [9.17, 15) is 0 Å². The third-order valence-electron chi connectivity index (χ3n) is 4.10. The van der Waals surface area contributed by atoms with E-state index < -0.39 is 0 Å². The van der Waals surface area contributed by atoms with Crippen LogP contribution in [0.3, 0.4) is 0 Å². The van der Waals surface area contributed by atoms with Gasteiger partial charge in [0, 0.05) is 0 Å². The fourth-order valence-electron chi connectivity index (χ4n) is 2.72. The van der Waals surface area contributed by atoms with Crippen molar-refractivity contribution in [3.8, 4) is 0 Å². The molecule has 0 aliphatic rings. The zero-order valence-corrected chi connectivity index (χ0v) is 21.3. The first kappa shape index (κ1) is 23.7. The summed E-state index contributed by atoms with van der Waals surface area (Å²) in [5.74, 6) is 0. The van der Waals surface area contributed by atoms with E-state index >= 15 is 0 Å². The summed E-state index contributed by atoms with van der Waals surface area (Å²) < 4.78 is 1.57. The van der Waals surface area contributed by atoms with Crippen molar-refractivity contribution < 1.29 is 26.1 Å². The molecule has 0 aromatic rings. The molecule has 20 heavy (non-hydrogen) atoms. The standard InChI is InChI=1S/C18H37.BrH.Hg/c1-3-5-7-9-11-13-15-17-18-16-14-12-10-8-6-4-2;;/h1,3-18H2,2H3;1H;. The van der Waals surface area contributed by atoms with E-state index in [4.69, 9.17) is 0 Å². The van der Waals surface area contributed by atoms with Gasteiger partial charge in [-0.3, -0.25) is 0 Å². The second-order valence-corrected chi connectivity index (χ2v) is 8.91.